The zero-order valence-electron chi connectivity index (χ0n) is 73.7. The number of rotatable bonds is 17. The van der Waals surface area contributed by atoms with Gasteiger partial charge in [-0.3, -0.25) is 28.8 Å². The molecule has 26 rings (SSSR count). The smallest absolute Gasteiger partial charge is 0.263 e. The number of likely N-dealkylation sites (tertiary alicyclic amines) is 1. The number of nitrogens with zero attached hydrogens (tertiary/aromatic N) is 9. The van der Waals surface area contributed by atoms with Gasteiger partial charge in [0, 0.05) is 251 Å². The molecule has 22 aromatic rings. The average Bonchev–Trinajstić information content (AvgIpc) is 1.65. The molecule has 20 heterocycles. The van der Waals surface area contributed by atoms with Crippen molar-refractivity contribution >= 4 is 84.5 Å². The highest BCUT2D eigenvalue weighted by molar-refractivity contribution is 6.11. The van der Waals surface area contributed by atoms with Crippen LogP contribution in [0.3, 0.4) is 0 Å². The van der Waals surface area contributed by atoms with E-state index in [1.165, 1.54) is 10.9 Å². The Labute approximate surface area is 785 Å². The third kappa shape index (κ3) is 17.4. The Kier molecular flexibility index (Phi) is 23.4. The maximum Gasteiger partial charge on any atom is 0.263 e. The van der Waals surface area contributed by atoms with Gasteiger partial charge in [-0.05, 0) is 157 Å². The number of H-pyrrole nitrogens is 6. The van der Waals surface area contributed by atoms with Crippen LogP contribution in [-0.4, -0.2) is 144 Å². The van der Waals surface area contributed by atoms with Crippen molar-refractivity contribution in [2.45, 2.75) is 31.8 Å². The summed E-state index contributed by atoms with van der Waals surface area (Å²) in [5.41, 5.74) is 26.3. The molecule has 0 radical (unpaired) electrons. The third-order valence-corrected chi connectivity index (χ3v) is 24.7. The van der Waals surface area contributed by atoms with E-state index < -0.39 is 0 Å². The van der Waals surface area contributed by atoms with Gasteiger partial charge in [-0.1, -0.05) is 78.9 Å². The molecule has 0 aliphatic carbocycles. The molecular formula is C108H83N17O13. The summed E-state index contributed by atoms with van der Waals surface area (Å²) in [4.78, 5) is 96.5. The van der Waals surface area contributed by atoms with E-state index in [2.05, 4.69) is 93.9 Å². The first kappa shape index (κ1) is 85.1. The minimum Gasteiger partial charge on any atom is -0.472 e. The zero-order valence-corrected chi connectivity index (χ0v) is 73.7. The molecule has 2 saturated heterocycles. The van der Waals surface area contributed by atoms with Gasteiger partial charge in [-0.25, -0.2) is 29.9 Å². The van der Waals surface area contributed by atoms with E-state index in [0.717, 1.165) is 229 Å². The van der Waals surface area contributed by atoms with E-state index in [4.69, 9.17) is 41.4 Å². The molecule has 30 nitrogen and oxygen atoms in total. The Balaban J connectivity index is 0.0000000999. The lowest BCUT2D eigenvalue weighted by atomic mass is 9.98. The number of imidazole rings is 1. The molecule has 30 heteroatoms. The van der Waals surface area contributed by atoms with Gasteiger partial charge in [-0.15, -0.1) is 0 Å². The molecule has 678 valence electrons. The lowest BCUT2D eigenvalue weighted by Crippen LogP contribution is -2.32. The number of pyridine rings is 5. The van der Waals surface area contributed by atoms with Crippen LogP contribution >= 0.6 is 0 Å². The summed E-state index contributed by atoms with van der Waals surface area (Å²) in [7, 11) is 0. The van der Waals surface area contributed by atoms with Crippen LogP contribution in [0, 0.1) is 0 Å². The minimum absolute atomic E-state index is 0.0969. The van der Waals surface area contributed by atoms with Crippen molar-refractivity contribution in [1.29, 1.82) is 0 Å². The van der Waals surface area contributed by atoms with Crippen molar-refractivity contribution in [2.24, 2.45) is 0 Å². The van der Waals surface area contributed by atoms with Crippen LogP contribution in [0.4, 0.5) is 5.69 Å². The number of nitrogens with one attached hydrogen (secondary N) is 8. The number of carbonyl (C=O) groups is 4. The van der Waals surface area contributed by atoms with Gasteiger partial charge >= 0.3 is 0 Å². The van der Waals surface area contributed by atoms with Crippen LogP contribution in [-0.2, 0) is 4.74 Å². The highest BCUT2D eigenvalue weighted by Gasteiger charge is 2.27. The van der Waals surface area contributed by atoms with E-state index in [9.17, 15) is 19.2 Å². The summed E-state index contributed by atoms with van der Waals surface area (Å²) in [6, 6.07) is 59.7. The molecule has 0 spiro atoms. The van der Waals surface area contributed by atoms with Crippen molar-refractivity contribution < 1.29 is 60.5 Å². The predicted molar refractivity (Wildman–Crippen MR) is 521 cm³/mol. The Morgan fingerprint density at radius 3 is 1.22 bits per heavy atom. The SMILES string of the molecule is O=C(NCC1CCCO1)c1ccccc1-c1cnc2[nH]cc(-c3ccoc3)c2c1.O=C(Nc1ccc2c(c1)OCO2)c1ccccc1-c1cnc2[nH]cc(-c3ccoc3)c2c1.O=C(c1ccccc1-c1cnc2[nH]cc(-c3ccoc3)c2c1)N1CCCC1.O=C(c1ccccc1-c1cnc2[nH]cc(-c3ccoc3)c2c1)n1ccnc1.c1cc2c(cc1-c1cnc3[nH]cc(-c4cn[nH]c4)c3c1)OCO2. The number of anilines is 1. The Bertz CT molecular complexity index is 8140. The molecule has 8 N–H and O–H groups in total. The lowest BCUT2D eigenvalue weighted by Gasteiger charge is -2.17. The second kappa shape index (κ2) is 38.0. The van der Waals surface area contributed by atoms with Gasteiger partial charge in [0.05, 0.1) is 62.4 Å². The maximum atomic E-state index is 13.2. The molecule has 1 unspecified atom stereocenters. The van der Waals surface area contributed by atoms with Crippen LogP contribution in [0.5, 0.6) is 23.0 Å². The largest absolute Gasteiger partial charge is 0.472 e. The first-order valence-electron chi connectivity index (χ1n) is 44.7. The zero-order chi connectivity index (χ0) is 92.8. The molecule has 1 atom stereocenters. The van der Waals surface area contributed by atoms with Crippen LogP contribution in [0.2, 0.25) is 0 Å². The number of aromatic nitrogens is 14. The number of furan rings is 4. The lowest BCUT2D eigenvalue weighted by molar-refractivity contribution is 0.0792. The van der Waals surface area contributed by atoms with Gasteiger partial charge < -0.3 is 81.8 Å². The highest BCUT2D eigenvalue weighted by atomic mass is 16.7. The van der Waals surface area contributed by atoms with Gasteiger partial charge in [0.2, 0.25) is 13.6 Å². The summed E-state index contributed by atoms with van der Waals surface area (Å²) in [5, 5.41) is 17.8. The number of aromatic amines is 6. The second-order valence-corrected chi connectivity index (χ2v) is 33.0. The molecule has 0 bridgehead atoms. The summed E-state index contributed by atoms with van der Waals surface area (Å²) in [6.45, 7) is 3.45. The van der Waals surface area contributed by atoms with Crippen molar-refractivity contribution in [3.05, 3.63) is 353 Å². The van der Waals surface area contributed by atoms with Crippen LogP contribution in [0.25, 0.3) is 166 Å². The predicted octanol–water partition coefficient (Wildman–Crippen LogP) is 22.3. The van der Waals surface area contributed by atoms with E-state index in [-0.39, 0.29) is 43.3 Å². The van der Waals surface area contributed by atoms with Crippen LogP contribution in [0.1, 0.15) is 67.1 Å². The number of hydrogen-bond acceptors (Lipinski definition) is 20. The fourth-order valence-electron chi connectivity index (χ4n) is 17.7. The Morgan fingerprint density at radius 2 is 0.783 bits per heavy atom. The maximum absolute atomic E-state index is 13.2. The minimum atomic E-state index is -0.219. The number of ether oxygens (including phenoxy) is 5. The molecule has 16 aromatic heterocycles. The fraction of sp³-hybridized carbons (Fsp3) is 0.102. The number of fused-ring (bicyclic) bond motifs is 7. The summed E-state index contributed by atoms with van der Waals surface area (Å²) in [5.74, 6) is 2.49. The van der Waals surface area contributed by atoms with E-state index in [0.29, 0.717) is 40.4 Å². The quantitative estimate of drug-likeness (QED) is 0.0420. The number of benzene rings is 6. The highest BCUT2D eigenvalue weighted by Crippen LogP contribution is 2.43. The second-order valence-electron chi connectivity index (χ2n) is 33.0. The topological polar surface area (TPSA) is 384 Å². The van der Waals surface area contributed by atoms with E-state index >= 15 is 0 Å². The van der Waals surface area contributed by atoms with Gasteiger partial charge in [0.25, 0.3) is 23.6 Å². The Hall–Kier alpha value is -18.5. The monoisotopic (exact) mass is 1830 g/mol. The van der Waals surface area contributed by atoms with Crippen molar-refractivity contribution in [3.8, 4) is 134 Å². The van der Waals surface area contributed by atoms with Crippen LogP contribution < -0.4 is 29.6 Å². The molecule has 138 heavy (non-hydrogen) atoms. The molecular weight excluding hydrogens is 1740 g/mol. The summed E-state index contributed by atoms with van der Waals surface area (Å²) < 4.78 is 49.5. The fourth-order valence-corrected chi connectivity index (χ4v) is 17.7. The van der Waals surface area contributed by atoms with Gasteiger partial charge in [0.15, 0.2) is 23.0 Å². The molecule has 0 saturated carbocycles. The van der Waals surface area contributed by atoms with Crippen molar-refractivity contribution in [3.63, 3.8) is 0 Å². The van der Waals surface area contributed by atoms with Crippen molar-refractivity contribution in [2.75, 3.05) is 45.1 Å². The van der Waals surface area contributed by atoms with Gasteiger partial charge in [-0.2, -0.15) is 5.10 Å². The summed E-state index contributed by atoms with van der Waals surface area (Å²) in [6.07, 6.45) is 44.8. The first-order chi connectivity index (χ1) is 68.1. The average molecular weight is 1830 g/mol. The standard InChI is InChI=1S/C25H17N3O4.C23H21N3O3.C22H19N3O2.C21H14N4O2.C17H12N4O2/c29-25(28-17-5-6-22-23(10-17)32-14-31-22)19-4-2-1-3-18(19)16-9-20-21(15-7-8-30-13-15)12-27-24(20)26-11-16;27-23(26-12-17-4-3-8-29-17)19-6-2-1-5-18(19)16-10-20-21(15-7-9-28-14-15)13-25-22(20)24-11-16;26-22(25-8-3-4-9-25)18-6-2-1-5-17(18)16-11-19-20(15-7-10-27-14-15)13-24-21(19)23-12-16;26-21(25-7-6-22-13-25)17-4-2-1-3-16(17)15-9-18-19(14-5-8-27-12-14)11-24-20(18)23-10-15;1-2-15-16(23-9-22-15)4-10(1)11-3-13-14(12-6-20-21-7-12)8-19-17(13)18-5-11/h1-13H,14H2,(H,26,27)(H,28,29);1-2,5-7,9-11,13-14,17H,3-4,8,12H2,(H,24,25)(H,26,27);1-2,5-7,10-14H,3-4,8-9H2,(H,23,24);1-13H,(H,23,24);1-8H,9H2,(H,18,19)(H,20,21). The van der Waals surface area contributed by atoms with Crippen molar-refractivity contribution in [1.82, 2.24) is 79.8 Å². The summed E-state index contributed by atoms with van der Waals surface area (Å²) >= 11 is 0. The Morgan fingerprint density at radius 1 is 0.370 bits per heavy atom. The first-order valence-corrected chi connectivity index (χ1v) is 44.7. The molecule has 4 aliphatic rings. The normalized spacial score (nSPS) is 13.4. The molecule has 4 aliphatic heterocycles. The third-order valence-electron chi connectivity index (χ3n) is 24.7. The molecule has 3 amide bonds. The van der Waals surface area contributed by atoms with Crippen LogP contribution in [0.15, 0.2) is 349 Å². The van der Waals surface area contributed by atoms with E-state index in [1.807, 2.05) is 200 Å². The number of amides is 3. The molecule has 2 fully saturated rings. The number of carbonyl (C=O) groups excluding carboxylic acids is 4. The number of hydrogen-bond donors (Lipinski definition) is 8. The van der Waals surface area contributed by atoms with Gasteiger partial charge in [0.1, 0.15) is 34.6 Å². The molecule has 6 aromatic carbocycles. The van der Waals surface area contributed by atoms with E-state index in [1.54, 1.807) is 112 Å².